The van der Waals surface area contributed by atoms with Gasteiger partial charge in [-0.3, -0.25) is 4.79 Å². The van der Waals surface area contributed by atoms with E-state index in [1.165, 1.54) is 0 Å². The number of alkyl halides is 3. The Labute approximate surface area is 147 Å². The van der Waals surface area contributed by atoms with E-state index < -0.39 is 17.2 Å². The van der Waals surface area contributed by atoms with Gasteiger partial charge in [-0.05, 0) is 48.7 Å². The maximum Gasteiger partial charge on any atom is 0.416 e. The molecule has 1 fully saturated rings. The van der Waals surface area contributed by atoms with Crippen LogP contribution in [-0.2, 0) is 16.4 Å². The predicted molar refractivity (Wildman–Crippen MR) is 89.0 cm³/mol. The maximum absolute atomic E-state index is 12.9. The summed E-state index contributed by atoms with van der Waals surface area (Å²) in [4.78, 5) is 12.7. The van der Waals surface area contributed by atoms with Gasteiger partial charge in [-0.2, -0.15) is 13.2 Å². The summed E-state index contributed by atoms with van der Waals surface area (Å²) in [5.41, 5.74) is -0.833. The summed E-state index contributed by atoms with van der Waals surface area (Å²) in [5.74, 6) is 0.305. The highest BCUT2D eigenvalue weighted by atomic mass is 35.5. The maximum atomic E-state index is 12.9. The third kappa shape index (κ3) is 3.44. The molecule has 2 aromatic carbocycles. The molecule has 0 radical (unpaired) electrons. The highest BCUT2D eigenvalue weighted by Crippen LogP contribution is 2.49. The van der Waals surface area contributed by atoms with Crippen LogP contribution in [0.15, 0.2) is 42.5 Å². The fraction of sp³-hybridized carbons (Fsp3) is 0.278. The van der Waals surface area contributed by atoms with Crippen LogP contribution >= 0.6 is 11.6 Å². The second-order valence-corrected chi connectivity index (χ2v) is 6.36. The standard InChI is InChI=1S/C18H15ClF3NO2/c1-25-13-5-2-11(3-6-13)17(8-9-17)16(24)23-15-10-12(18(20,21)22)4-7-14(15)19/h2-7,10H,8-9H2,1H3,(H,23,24). The molecule has 0 aromatic heterocycles. The fourth-order valence-electron chi connectivity index (χ4n) is 2.72. The summed E-state index contributed by atoms with van der Waals surface area (Å²) in [6.07, 6.45) is -3.25. The first kappa shape index (κ1) is 17.6. The highest BCUT2D eigenvalue weighted by Gasteiger charge is 2.51. The Morgan fingerprint density at radius 3 is 2.32 bits per heavy atom. The number of ether oxygens (including phenoxy) is 1. The molecule has 0 saturated heterocycles. The van der Waals surface area contributed by atoms with Crippen molar-refractivity contribution in [3.63, 3.8) is 0 Å². The van der Waals surface area contributed by atoms with Crippen molar-refractivity contribution in [3.8, 4) is 5.75 Å². The topological polar surface area (TPSA) is 38.3 Å². The van der Waals surface area contributed by atoms with Gasteiger partial charge in [0.25, 0.3) is 0 Å². The fourth-order valence-corrected chi connectivity index (χ4v) is 2.89. The molecule has 0 bridgehead atoms. The lowest BCUT2D eigenvalue weighted by atomic mass is 9.94. The summed E-state index contributed by atoms with van der Waals surface area (Å²) in [6.45, 7) is 0. The predicted octanol–water partition coefficient (Wildman–Crippen LogP) is 5.04. The van der Waals surface area contributed by atoms with E-state index in [1.807, 2.05) is 0 Å². The van der Waals surface area contributed by atoms with Crippen LogP contribution in [0.25, 0.3) is 0 Å². The van der Waals surface area contributed by atoms with Gasteiger partial charge in [0, 0.05) is 0 Å². The molecule has 0 atom stereocenters. The quantitative estimate of drug-likeness (QED) is 0.820. The van der Waals surface area contributed by atoms with Crippen molar-refractivity contribution in [3.05, 3.63) is 58.6 Å². The first-order valence-electron chi connectivity index (χ1n) is 7.59. The molecule has 3 rings (SSSR count). The Hall–Kier alpha value is -2.21. The molecule has 1 amide bonds. The minimum Gasteiger partial charge on any atom is -0.497 e. The van der Waals surface area contributed by atoms with Crippen LogP contribution in [0.4, 0.5) is 18.9 Å². The minimum atomic E-state index is -4.50. The Bertz CT molecular complexity index is 799. The number of hydrogen-bond acceptors (Lipinski definition) is 2. The van der Waals surface area contributed by atoms with Crippen molar-refractivity contribution in [2.75, 3.05) is 12.4 Å². The zero-order valence-corrected chi connectivity index (χ0v) is 14.0. The number of nitrogens with one attached hydrogen (secondary N) is 1. The molecule has 0 heterocycles. The summed E-state index contributed by atoms with van der Waals surface area (Å²) >= 11 is 5.95. The number of carbonyl (C=O) groups is 1. The SMILES string of the molecule is COc1ccc(C2(C(=O)Nc3cc(C(F)(F)F)ccc3Cl)CC2)cc1. The molecule has 7 heteroatoms. The van der Waals surface area contributed by atoms with Crippen molar-refractivity contribution < 1.29 is 22.7 Å². The van der Waals surface area contributed by atoms with Crippen molar-refractivity contribution in [1.82, 2.24) is 0 Å². The van der Waals surface area contributed by atoms with Gasteiger partial charge in [-0.1, -0.05) is 23.7 Å². The van der Waals surface area contributed by atoms with Crippen LogP contribution in [0.1, 0.15) is 24.0 Å². The molecule has 3 nitrogen and oxygen atoms in total. The lowest BCUT2D eigenvalue weighted by Crippen LogP contribution is -2.28. The van der Waals surface area contributed by atoms with E-state index in [0.29, 0.717) is 18.6 Å². The first-order valence-corrected chi connectivity index (χ1v) is 7.97. The van der Waals surface area contributed by atoms with Crippen molar-refractivity contribution in [2.45, 2.75) is 24.4 Å². The van der Waals surface area contributed by atoms with Crippen LogP contribution in [0, 0.1) is 0 Å². The third-order valence-electron chi connectivity index (χ3n) is 4.37. The van der Waals surface area contributed by atoms with E-state index in [9.17, 15) is 18.0 Å². The first-order chi connectivity index (χ1) is 11.8. The van der Waals surface area contributed by atoms with Gasteiger partial charge in [0.15, 0.2) is 0 Å². The van der Waals surface area contributed by atoms with Crippen molar-refractivity contribution >= 4 is 23.2 Å². The van der Waals surface area contributed by atoms with E-state index in [-0.39, 0.29) is 16.6 Å². The average molecular weight is 370 g/mol. The molecule has 2 aromatic rings. The van der Waals surface area contributed by atoms with E-state index in [2.05, 4.69) is 5.32 Å². The summed E-state index contributed by atoms with van der Waals surface area (Å²) < 4.78 is 43.7. The molecule has 132 valence electrons. The number of methoxy groups -OCH3 is 1. The molecule has 1 aliphatic carbocycles. The Kier molecular flexibility index (Phi) is 4.41. The normalized spacial score (nSPS) is 15.6. The summed E-state index contributed by atoms with van der Waals surface area (Å²) in [6, 6.07) is 9.95. The second kappa shape index (κ2) is 6.26. The van der Waals surface area contributed by atoms with E-state index in [0.717, 1.165) is 23.8 Å². The Balaban J connectivity index is 1.84. The largest absolute Gasteiger partial charge is 0.497 e. The number of amides is 1. The van der Waals surface area contributed by atoms with Crippen molar-refractivity contribution in [1.29, 1.82) is 0 Å². The molecular weight excluding hydrogens is 355 g/mol. The zero-order chi connectivity index (χ0) is 18.2. The zero-order valence-electron chi connectivity index (χ0n) is 13.3. The lowest BCUT2D eigenvalue weighted by molar-refractivity contribution is -0.137. The van der Waals surface area contributed by atoms with Crippen molar-refractivity contribution in [2.24, 2.45) is 0 Å². The smallest absolute Gasteiger partial charge is 0.416 e. The van der Waals surface area contributed by atoms with Gasteiger partial charge in [0.2, 0.25) is 5.91 Å². The van der Waals surface area contributed by atoms with Gasteiger partial charge in [-0.15, -0.1) is 0 Å². The number of halogens is 4. The van der Waals surface area contributed by atoms with Gasteiger partial charge >= 0.3 is 6.18 Å². The van der Waals surface area contributed by atoms with Crippen LogP contribution < -0.4 is 10.1 Å². The highest BCUT2D eigenvalue weighted by molar-refractivity contribution is 6.33. The molecule has 0 spiro atoms. The summed E-state index contributed by atoms with van der Waals surface area (Å²) in [7, 11) is 1.55. The van der Waals surface area contributed by atoms with Crippen LogP contribution in [0.3, 0.4) is 0 Å². The molecule has 0 unspecified atom stereocenters. The molecular formula is C18H15ClF3NO2. The number of anilines is 1. The van der Waals surface area contributed by atoms with Crippen LogP contribution in [0.5, 0.6) is 5.75 Å². The average Bonchev–Trinajstić information content (AvgIpc) is 3.38. The number of rotatable bonds is 4. The minimum absolute atomic E-state index is 0.0405. The lowest BCUT2D eigenvalue weighted by Gasteiger charge is -2.18. The van der Waals surface area contributed by atoms with Gasteiger partial charge in [-0.25, -0.2) is 0 Å². The van der Waals surface area contributed by atoms with Gasteiger partial charge in [0.1, 0.15) is 5.75 Å². The van der Waals surface area contributed by atoms with Gasteiger partial charge < -0.3 is 10.1 Å². The molecule has 0 aliphatic heterocycles. The number of carbonyl (C=O) groups excluding carboxylic acids is 1. The Morgan fingerprint density at radius 2 is 1.80 bits per heavy atom. The molecule has 25 heavy (non-hydrogen) atoms. The Morgan fingerprint density at radius 1 is 1.16 bits per heavy atom. The van der Waals surface area contributed by atoms with E-state index in [4.69, 9.17) is 16.3 Å². The van der Waals surface area contributed by atoms with E-state index in [1.54, 1.807) is 31.4 Å². The third-order valence-corrected chi connectivity index (χ3v) is 4.70. The number of hydrogen-bond donors (Lipinski definition) is 1. The summed E-state index contributed by atoms with van der Waals surface area (Å²) in [5, 5.41) is 2.61. The van der Waals surface area contributed by atoms with E-state index >= 15 is 0 Å². The van der Waals surface area contributed by atoms with Crippen LogP contribution in [-0.4, -0.2) is 13.0 Å². The second-order valence-electron chi connectivity index (χ2n) is 5.96. The van der Waals surface area contributed by atoms with Gasteiger partial charge in [0.05, 0.1) is 28.8 Å². The number of benzene rings is 2. The molecule has 1 N–H and O–H groups in total. The molecule has 1 aliphatic rings. The van der Waals surface area contributed by atoms with Crippen LogP contribution in [0.2, 0.25) is 5.02 Å². The molecule has 1 saturated carbocycles. The monoisotopic (exact) mass is 369 g/mol.